The summed E-state index contributed by atoms with van der Waals surface area (Å²) < 4.78 is 0. The van der Waals surface area contributed by atoms with Crippen LogP contribution in [-0.4, -0.2) is 10.8 Å². The van der Waals surface area contributed by atoms with E-state index < -0.39 is 0 Å². The van der Waals surface area contributed by atoms with Crippen molar-refractivity contribution >= 4 is 17.1 Å². The van der Waals surface area contributed by atoms with Crippen molar-refractivity contribution in [1.82, 2.24) is 4.98 Å². The van der Waals surface area contributed by atoms with Crippen LogP contribution in [-0.2, 0) is 11.2 Å². The van der Waals surface area contributed by atoms with Gasteiger partial charge in [-0.25, -0.2) is 4.98 Å². The second kappa shape index (κ2) is 5.23. The highest BCUT2D eigenvalue weighted by Gasteiger charge is 2.08. The van der Waals surface area contributed by atoms with Crippen molar-refractivity contribution in [2.24, 2.45) is 0 Å². The van der Waals surface area contributed by atoms with Gasteiger partial charge in [-0.2, -0.15) is 0 Å². The zero-order valence-corrected chi connectivity index (χ0v) is 10.9. The molecule has 1 heterocycles. The second-order valence-corrected chi connectivity index (χ2v) is 5.09. The molecule has 0 amide bonds. The second-order valence-electron chi connectivity index (χ2n) is 4.20. The maximum absolute atomic E-state index is 11.1. The number of ketones is 1. The van der Waals surface area contributed by atoms with E-state index in [-0.39, 0.29) is 5.78 Å². The van der Waals surface area contributed by atoms with Crippen molar-refractivity contribution in [3.05, 3.63) is 40.9 Å². The average Bonchev–Trinajstić information content (AvgIpc) is 2.80. The van der Waals surface area contributed by atoms with Crippen LogP contribution in [0, 0.1) is 6.92 Å². The van der Waals surface area contributed by atoms with Crippen LogP contribution in [0.1, 0.15) is 24.5 Å². The van der Waals surface area contributed by atoms with Crippen LogP contribution < -0.4 is 0 Å². The zero-order valence-electron chi connectivity index (χ0n) is 10.1. The molecule has 17 heavy (non-hydrogen) atoms. The summed E-state index contributed by atoms with van der Waals surface area (Å²) in [6.45, 7) is 3.71. The monoisotopic (exact) mass is 245 g/mol. The van der Waals surface area contributed by atoms with Gasteiger partial charge >= 0.3 is 0 Å². The summed E-state index contributed by atoms with van der Waals surface area (Å²) in [5.74, 6) is 0.232. The van der Waals surface area contributed by atoms with E-state index >= 15 is 0 Å². The topological polar surface area (TPSA) is 30.0 Å². The molecule has 0 aliphatic carbocycles. The fraction of sp³-hybridized carbons (Fsp3) is 0.286. The maximum atomic E-state index is 11.1. The highest BCUT2D eigenvalue weighted by atomic mass is 32.1. The Labute approximate surface area is 105 Å². The molecule has 1 aromatic carbocycles. The summed E-state index contributed by atoms with van der Waals surface area (Å²) in [6.07, 6.45) is 3.21. The van der Waals surface area contributed by atoms with E-state index in [2.05, 4.69) is 30.1 Å². The summed E-state index contributed by atoms with van der Waals surface area (Å²) in [5, 5.41) is 3.01. The van der Waals surface area contributed by atoms with Gasteiger partial charge in [-0.15, -0.1) is 11.3 Å². The van der Waals surface area contributed by atoms with Crippen LogP contribution in [0.2, 0.25) is 0 Å². The molecule has 0 saturated carbocycles. The molecule has 0 aliphatic heterocycles. The third kappa shape index (κ3) is 3.01. The van der Waals surface area contributed by atoms with Crippen molar-refractivity contribution in [2.75, 3.05) is 0 Å². The third-order valence-electron chi connectivity index (χ3n) is 2.67. The molecule has 0 fully saturated rings. The van der Waals surface area contributed by atoms with Crippen LogP contribution in [0.25, 0.3) is 10.6 Å². The van der Waals surface area contributed by atoms with Gasteiger partial charge in [-0.3, -0.25) is 0 Å². The minimum atomic E-state index is 0.232. The molecule has 0 unspecified atom stereocenters. The predicted octanol–water partition coefficient (Wildman–Crippen LogP) is 3.64. The molecule has 88 valence electrons. The molecule has 0 spiro atoms. The molecule has 2 aromatic rings. The standard InChI is InChI=1S/C14H15NOS/c1-10-3-5-12(6-4-11(2)16)13(9-10)14-15-7-8-17-14/h3,5,7-9H,4,6H2,1-2H3. The predicted molar refractivity (Wildman–Crippen MR) is 71.3 cm³/mol. The number of nitrogens with zero attached hydrogens (tertiary/aromatic N) is 1. The minimum Gasteiger partial charge on any atom is -0.300 e. The van der Waals surface area contributed by atoms with Gasteiger partial charge in [0.2, 0.25) is 0 Å². The number of thiazole rings is 1. The van der Waals surface area contributed by atoms with E-state index in [0.29, 0.717) is 6.42 Å². The first-order valence-corrected chi connectivity index (χ1v) is 6.53. The first-order chi connectivity index (χ1) is 8.16. The minimum absolute atomic E-state index is 0.232. The number of aryl methyl sites for hydroxylation is 2. The normalized spacial score (nSPS) is 10.5. The average molecular weight is 245 g/mol. The number of benzene rings is 1. The van der Waals surface area contributed by atoms with Gasteiger partial charge in [0.1, 0.15) is 10.8 Å². The molecule has 3 heteroatoms. The fourth-order valence-electron chi connectivity index (χ4n) is 1.77. The molecule has 0 bridgehead atoms. The van der Waals surface area contributed by atoms with E-state index in [1.807, 2.05) is 11.6 Å². The summed E-state index contributed by atoms with van der Waals surface area (Å²) >= 11 is 1.64. The van der Waals surface area contributed by atoms with Gasteiger partial charge in [-0.05, 0) is 31.9 Å². The Morgan fingerprint density at radius 2 is 2.24 bits per heavy atom. The Morgan fingerprint density at radius 1 is 1.41 bits per heavy atom. The lowest BCUT2D eigenvalue weighted by Gasteiger charge is -2.07. The molecular weight excluding hydrogens is 230 g/mol. The van der Waals surface area contributed by atoms with Gasteiger partial charge < -0.3 is 4.79 Å². The first kappa shape index (κ1) is 12.0. The Hall–Kier alpha value is -1.48. The SMILES string of the molecule is CC(=O)CCc1ccc(C)cc1-c1nccs1. The first-order valence-electron chi connectivity index (χ1n) is 5.65. The van der Waals surface area contributed by atoms with E-state index in [0.717, 1.165) is 11.4 Å². The van der Waals surface area contributed by atoms with Crippen molar-refractivity contribution in [3.8, 4) is 10.6 Å². The summed E-state index contributed by atoms with van der Waals surface area (Å²) in [4.78, 5) is 15.4. The number of carbonyl (C=O) groups is 1. The molecule has 1 aromatic heterocycles. The lowest BCUT2D eigenvalue weighted by molar-refractivity contribution is -0.116. The molecule has 0 atom stereocenters. The lowest BCUT2D eigenvalue weighted by atomic mass is 10.00. The van der Waals surface area contributed by atoms with E-state index in [1.165, 1.54) is 16.7 Å². The summed E-state index contributed by atoms with van der Waals surface area (Å²) in [5.41, 5.74) is 3.60. The van der Waals surface area contributed by atoms with Crippen molar-refractivity contribution in [3.63, 3.8) is 0 Å². The summed E-state index contributed by atoms with van der Waals surface area (Å²) in [7, 11) is 0. The van der Waals surface area contributed by atoms with Gasteiger partial charge in [0.15, 0.2) is 0 Å². The largest absolute Gasteiger partial charge is 0.300 e. The van der Waals surface area contributed by atoms with Gasteiger partial charge in [0.05, 0.1) is 0 Å². The number of hydrogen-bond donors (Lipinski definition) is 0. The Kier molecular flexibility index (Phi) is 3.69. The molecule has 2 nitrogen and oxygen atoms in total. The Bertz CT molecular complexity index is 517. The van der Waals surface area contributed by atoms with Crippen LogP contribution in [0.4, 0.5) is 0 Å². The van der Waals surface area contributed by atoms with Crippen LogP contribution in [0.5, 0.6) is 0 Å². The molecular formula is C14H15NOS. The summed E-state index contributed by atoms with van der Waals surface area (Å²) in [6, 6.07) is 6.34. The quantitative estimate of drug-likeness (QED) is 0.823. The van der Waals surface area contributed by atoms with Gasteiger partial charge in [0, 0.05) is 23.6 Å². The van der Waals surface area contributed by atoms with Crippen LogP contribution in [0.3, 0.4) is 0 Å². The number of rotatable bonds is 4. The van der Waals surface area contributed by atoms with Gasteiger partial charge in [-0.1, -0.05) is 17.7 Å². The molecule has 2 rings (SSSR count). The smallest absolute Gasteiger partial charge is 0.130 e. The van der Waals surface area contributed by atoms with Crippen molar-refractivity contribution in [1.29, 1.82) is 0 Å². The van der Waals surface area contributed by atoms with E-state index in [4.69, 9.17) is 0 Å². The maximum Gasteiger partial charge on any atom is 0.130 e. The highest BCUT2D eigenvalue weighted by Crippen LogP contribution is 2.27. The fourth-order valence-corrected chi connectivity index (χ4v) is 2.46. The number of hydrogen-bond acceptors (Lipinski definition) is 3. The van der Waals surface area contributed by atoms with Crippen LogP contribution >= 0.6 is 11.3 Å². The van der Waals surface area contributed by atoms with E-state index in [1.54, 1.807) is 18.3 Å². The van der Waals surface area contributed by atoms with Crippen molar-refractivity contribution < 1.29 is 4.79 Å². The lowest BCUT2D eigenvalue weighted by Crippen LogP contribution is -1.96. The van der Waals surface area contributed by atoms with Crippen molar-refractivity contribution in [2.45, 2.75) is 26.7 Å². The number of Topliss-reactive ketones (excluding diaryl/α,β-unsaturated/α-hetero) is 1. The van der Waals surface area contributed by atoms with Gasteiger partial charge in [0.25, 0.3) is 0 Å². The molecule has 0 radical (unpaired) electrons. The molecule has 0 N–H and O–H groups in total. The number of carbonyl (C=O) groups excluding carboxylic acids is 1. The molecule has 0 aliphatic rings. The van der Waals surface area contributed by atoms with Crippen LogP contribution in [0.15, 0.2) is 29.8 Å². The highest BCUT2D eigenvalue weighted by molar-refractivity contribution is 7.13. The molecule has 0 saturated heterocycles. The Balaban J connectivity index is 2.34. The Morgan fingerprint density at radius 3 is 2.88 bits per heavy atom. The van der Waals surface area contributed by atoms with E-state index in [9.17, 15) is 4.79 Å². The number of aromatic nitrogens is 1. The zero-order chi connectivity index (χ0) is 12.3. The third-order valence-corrected chi connectivity index (χ3v) is 3.48.